The van der Waals surface area contributed by atoms with Crippen LogP contribution in [0.2, 0.25) is 15.1 Å². The minimum Gasteiger partial charge on any atom is -0.150 e. The number of benzene rings is 1. The summed E-state index contributed by atoms with van der Waals surface area (Å²) in [6.45, 7) is 21.7. The van der Waals surface area contributed by atoms with Crippen LogP contribution in [0.25, 0.3) is 0 Å². The summed E-state index contributed by atoms with van der Waals surface area (Å²) in [5.74, 6) is 0. The van der Waals surface area contributed by atoms with Crippen molar-refractivity contribution in [1.29, 1.82) is 0 Å². The monoisotopic (exact) mass is 418 g/mol. The molecule has 1 aromatic rings. The van der Waals surface area contributed by atoms with Crippen LogP contribution in [0, 0.1) is 0 Å². The normalized spacial score (nSPS) is 17.2. The first kappa shape index (κ1) is 20.5. The van der Waals surface area contributed by atoms with Gasteiger partial charge in [0.25, 0.3) is 0 Å². The Morgan fingerprint density at radius 3 is 1.32 bits per heavy atom. The van der Waals surface area contributed by atoms with Crippen LogP contribution >= 0.6 is 26.4 Å². The summed E-state index contributed by atoms with van der Waals surface area (Å²) in [4.78, 5) is 0. The number of rotatable bonds is 2. The highest BCUT2D eigenvalue weighted by molar-refractivity contribution is 9.30. The van der Waals surface area contributed by atoms with Gasteiger partial charge in [0.15, 0.2) is 0 Å². The summed E-state index contributed by atoms with van der Waals surface area (Å²) in [6.07, 6.45) is 0. The second-order valence-corrected chi connectivity index (χ2v) is 31.5. The molecular formula is C18H32BrClSi2. The molecule has 0 heterocycles. The molecule has 0 nitrogen and oxygen atoms in total. The lowest BCUT2D eigenvalue weighted by Gasteiger charge is -2.63. The minimum atomic E-state index is -2.34. The van der Waals surface area contributed by atoms with Crippen LogP contribution in [0.4, 0.5) is 0 Å². The van der Waals surface area contributed by atoms with Crippen molar-refractivity contribution < 1.29 is 0 Å². The molecule has 0 N–H and O–H groups in total. The lowest BCUT2D eigenvalue weighted by molar-refractivity contribution is 0.555. The molecule has 0 saturated carbocycles. The highest BCUT2D eigenvalue weighted by Crippen LogP contribution is 2.67. The van der Waals surface area contributed by atoms with Gasteiger partial charge >= 0.3 is 0 Å². The van der Waals surface area contributed by atoms with Crippen LogP contribution in [0.1, 0.15) is 62.3 Å². The molecule has 0 aliphatic heterocycles. The Morgan fingerprint density at radius 2 is 1.05 bits per heavy atom. The predicted octanol–water partition coefficient (Wildman–Crippen LogP) is 6.90. The van der Waals surface area contributed by atoms with Gasteiger partial charge in [-0.3, -0.25) is 0 Å². The fraction of sp³-hybridized carbons (Fsp3) is 0.667. The fourth-order valence-corrected chi connectivity index (χ4v) is 51.4. The van der Waals surface area contributed by atoms with E-state index in [9.17, 15) is 0 Å². The van der Waals surface area contributed by atoms with E-state index in [0.717, 1.165) is 0 Å². The summed E-state index contributed by atoms with van der Waals surface area (Å²) in [7, 11) is -2.05. The fourth-order valence-electron chi connectivity index (χ4n) is 5.65. The average molecular weight is 420 g/mol. The topological polar surface area (TPSA) is 0 Å². The van der Waals surface area contributed by atoms with Gasteiger partial charge in [-0.05, 0) is 20.3 Å². The van der Waals surface area contributed by atoms with E-state index in [1.165, 1.54) is 5.19 Å². The molecule has 0 spiro atoms. The number of hydrogen-bond acceptors (Lipinski definition) is 0. The average Bonchev–Trinajstić information content (AvgIpc) is 2.23. The van der Waals surface area contributed by atoms with Crippen LogP contribution in [-0.2, 0) is 0 Å². The second-order valence-electron chi connectivity index (χ2n) is 9.44. The molecule has 4 heteroatoms. The Morgan fingerprint density at radius 1 is 0.727 bits per heavy atom. The molecule has 1 unspecified atom stereocenters. The third-order valence-electron chi connectivity index (χ3n) is 4.98. The maximum atomic E-state index is 7.56. The SMILES string of the molecule is CC(C)(C)[Si](C(C)(C)C)(C(C)(C)C)[Si](Cl)(Br)c1ccccc1. The van der Waals surface area contributed by atoms with E-state index in [1.807, 2.05) is 0 Å². The maximum Gasteiger partial charge on any atom is 0.244 e. The molecular weight excluding hydrogens is 388 g/mol. The van der Waals surface area contributed by atoms with Crippen LogP contribution in [0.5, 0.6) is 0 Å². The highest BCUT2D eigenvalue weighted by atomic mass is 79.9. The molecule has 0 bridgehead atoms. The van der Waals surface area contributed by atoms with E-state index in [4.69, 9.17) is 11.1 Å². The zero-order chi connectivity index (χ0) is 17.6. The first-order valence-corrected chi connectivity index (χ1v) is 16.3. The summed E-state index contributed by atoms with van der Waals surface area (Å²) < 4.78 is 0. The first-order valence-electron chi connectivity index (χ1n) is 8.04. The van der Waals surface area contributed by atoms with Crippen molar-refractivity contribution in [2.24, 2.45) is 0 Å². The molecule has 126 valence electrons. The van der Waals surface area contributed by atoms with Gasteiger partial charge in [-0.25, -0.2) is 0 Å². The standard InChI is InChI=1S/C18H32BrClSi2/c1-16(2,3)22(17(4,5)6,18(7,8)9)21(19,20)15-13-11-10-12-14-15/h10-14H,1-9H3. The van der Waals surface area contributed by atoms with Gasteiger partial charge in [0.1, 0.15) is 7.59 Å². The molecule has 0 aromatic heterocycles. The third-order valence-corrected chi connectivity index (χ3v) is 34.1. The quantitative estimate of drug-likeness (QED) is 0.361. The number of halogens is 2. The van der Waals surface area contributed by atoms with Gasteiger partial charge in [0, 0.05) is 0 Å². The molecule has 0 aliphatic rings. The van der Waals surface area contributed by atoms with Gasteiger partial charge in [-0.2, -0.15) is 0 Å². The molecule has 22 heavy (non-hydrogen) atoms. The largest absolute Gasteiger partial charge is 0.244 e. The van der Waals surface area contributed by atoms with Crippen molar-refractivity contribution in [3.8, 4) is 0 Å². The Balaban J connectivity index is 3.87. The van der Waals surface area contributed by atoms with Crippen molar-refractivity contribution in [3.63, 3.8) is 0 Å². The van der Waals surface area contributed by atoms with Gasteiger partial charge in [0.2, 0.25) is 5.52 Å². The molecule has 0 amide bonds. The van der Waals surface area contributed by atoms with Gasteiger partial charge in [-0.1, -0.05) is 92.6 Å². The zero-order valence-electron chi connectivity index (χ0n) is 15.6. The van der Waals surface area contributed by atoms with Crippen LogP contribution in [0.3, 0.4) is 0 Å². The van der Waals surface area contributed by atoms with Crippen molar-refractivity contribution in [2.45, 2.75) is 77.4 Å². The Labute approximate surface area is 152 Å². The van der Waals surface area contributed by atoms with Gasteiger partial charge in [-0.15, -0.1) is 26.4 Å². The summed E-state index contributed by atoms with van der Waals surface area (Å²) in [5, 5.41) is 1.90. The van der Waals surface area contributed by atoms with Crippen LogP contribution < -0.4 is 5.19 Å². The van der Waals surface area contributed by atoms with Crippen molar-refractivity contribution >= 4 is 44.7 Å². The first-order chi connectivity index (χ1) is 9.61. The number of hydrogen-bond donors (Lipinski definition) is 0. The van der Waals surface area contributed by atoms with E-state index < -0.39 is 13.1 Å². The highest BCUT2D eigenvalue weighted by Gasteiger charge is 2.71. The van der Waals surface area contributed by atoms with E-state index in [2.05, 4.69) is 108 Å². The molecule has 0 saturated heterocycles. The summed E-state index contributed by atoms with van der Waals surface area (Å²) in [6, 6.07) is 10.8. The van der Waals surface area contributed by atoms with E-state index in [1.54, 1.807) is 0 Å². The molecule has 0 radical (unpaired) electrons. The molecule has 1 rings (SSSR count). The molecule has 1 atom stereocenters. The lowest BCUT2D eigenvalue weighted by atomic mass is 10.2. The van der Waals surface area contributed by atoms with Crippen LogP contribution in [0.15, 0.2) is 30.3 Å². The predicted molar refractivity (Wildman–Crippen MR) is 112 cm³/mol. The van der Waals surface area contributed by atoms with Crippen molar-refractivity contribution in [1.82, 2.24) is 0 Å². The summed E-state index contributed by atoms with van der Waals surface area (Å²) >= 11 is 11.7. The lowest BCUT2D eigenvalue weighted by Crippen LogP contribution is -2.75. The van der Waals surface area contributed by atoms with E-state index in [-0.39, 0.29) is 15.1 Å². The van der Waals surface area contributed by atoms with E-state index >= 15 is 0 Å². The molecule has 1 aromatic carbocycles. The summed E-state index contributed by atoms with van der Waals surface area (Å²) in [5.41, 5.74) is -2.34. The minimum absolute atomic E-state index is 0.191. The smallest absolute Gasteiger partial charge is 0.150 e. The van der Waals surface area contributed by atoms with E-state index in [0.29, 0.717) is 0 Å². The maximum absolute atomic E-state index is 7.56. The molecule has 0 fully saturated rings. The van der Waals surface area contributed by atoms with Gasteiger partial charge in [0.05, 0.1) is 0 Å². The Kier molecular flexibility index (Phi) is 5.63. The van der Waals surface area contributed by atoms with Gasteiger partial charge < -0.3 is 0 Å². The molecule has 0 aliphatic carbocycles. The third kappa shape index (κ3) is 3.03. The zero-order valence-corrected chi connectivity index (χ0v) is 20.0. The Hall–Kier alpha value is 0.424. The van der Waals surface area contributed by atoms with Crippen LogP contribution in [-0.4, -0.2) is 13.1 Å². The Bertz CT molecular complexity index is 469. The van der Waals surface area contributed by atoms with Crippen molar-refractivity contribution in [3.05, 3.63) is 30.3 Å². The second kappa shape index (κ2) is 6.05. The van der Waals surface area contributed by atoms with Crippen molar-refractivity contribution in [2.75, 3.05) is 0 Å².